The zero-order chi connectivity index (χ0) is 11.1. The summed E-state index contributed by atoms with van der Waals surface area (Å²) in [6.07, 6.45) is 4.00. The summed E-state index contributed by atoms with van der Waals surface area (Å²) in [5.41, 5.74) is 1.20. The van der Waals surface area contributed by atoms with E-state index < -0.39 is 0 Å². The molecule has 2 heteroatoms. The first-order valence-electron chi connectivity index (χ1n) is 5.26. The van der Waals surface area contributed by atoms with Crippen LogP contribution in [0, 0.1) is 5.82 Å². The lowest BCUT2D eigenvalue weighted by Gasteiger charge is -2.13. The van der Waals surface area contributed by atoms with Crippen LogP contribution < -0.4 is 0 Å². The van der Waals surface area contributed by atoms with Crippen LogP contribution in [-0.2, 0) is 6.42 Å². The Labute approximate surface area is 91.2 Å². The number of rotatable bonds is 6. The number of hydrogen-bond donors (Lipinski definition) is 0. The highest BCUT2D eigenvalue weighted by Crippen LogP contribution is 2.05. The molecule has 0 aliphatic heterocycles. The molecule has 1 rings (SSSR count). The van der Waals surface area contributed by atoms with Crippen LogP contribution in [0.25, 0.3) is 0 Å². The lowest BCUT2D eigenvalue weighted by molar-refractivity contribution is 0.364. The molecular weight excluding hydrogens is 189 g/mol. The van der Waals surface area contributed by atoms with Gasteiger partial charge in [-0.2, -0.15) is 0 Å². The van der Waals surface area contributed by atoms with Crippen LogP contribution in [0.1, 0.15) is 12.0 Å². The molecule has 1 aromatic rings. The monoisotopic (exact) mass is 207 g/mol. The van der Waals surface area contributed by atoms with E-state index in [4.69, 9.17) is 0 Å². The Hall–Kier alpha value is -1.15. The molecule has 0 fully saturated rings. The first-order valence-corrected chi connectivity index (χ1v) is 5.26. The molecule has 0 saturated carbocycles. The van der Waals surface area contributed by atoms with E-state index in [1.807, 2.05) is 18.2 Å². The second kappa shape index (κ2) is 6.36. The summed E-state index contributed by atoms with van der Waals surface area (Å²) in [5.74, 6) is -0.164. The molecule has 0 aliphatic rings. The Kier molecular flexibility index (Phi) is 5.05. The third-order valence-corrected chi connectivity index (χ3v) is 2.36. The summed E-state index contributed by atoms with van der Waals surface area (Å²) >= 11 is 0. The molecule has 0 amide bonds. The van der Waals surface area contributed by atoms with Crippen LogP contribution in [0.4, 0.5) is 4.39 Å². The number of benzene rings is 1. The number of nitrogens with zero attached hydrogens (tertiary/aromatic N) is 1. The van der Waals surface area contributed by atoms with Crippen LogP contribution in [0.3, 0.4) is 0 Å². The summed E-state index contributed by atoms with van der Waals surface area (Å²) in [7, 11) is 2.08. The van der Waals surface area contributed by atoms with E-state index in [0.29, 0.717) is 0 Å². The van der Waals surface area contributed by atoms with Gasteiger partial charge in [-0.1, -0.05) is 18.2 Å². The molecule has 1 nitrogen and oxygen atoms in total. The van der Waals surface area contributed by atoms with E-state index >= 15 is 0 Å². The zero-order valence-corrected chi connectivity index (χ0v) is 9.25. The molecule has 0 unspecified atom stereocenters. The number of likely N-dealkylation sites (N-methyl/N-ethyl adjacent to an activating group) is 1. The first kappa shape index (κ1) is 11.9. The van der Waals surface area contributed by atoms with Crippen molar-refractivity contribution in [3.63, 3.8) is 0 Å². The van der Waals surface area contributed by atoms with Crippen molar-refractivity contribution in [3.05, 3.63) is 48.3 Å². The zero-order valence-electron chi connectivity index (χ0n) is 9.25. The fourth-order valence-corrected chi connectivity index (χ4v) is 1.52. The van der Waals surface area contributed by atoms with Gasteiger partial charge in [0.25, 0.3) is 0 Å². The Bertz CT molecular complexity index is 292. The van der Waals surface area contributed by atoms with Gasteiger partial charge in [0.15, 0.2) is 0 Å². The Morgan fingerprint density at radius 2 is 2.00 bits per heavy atom. The molecule has 1 aromatic carbocycles. The SMILES string of the molecule is C=CCN(C)CCCc1ccc(F)cc1. The normalized spacial score (nSPS) is 10.6. The molecule has 0 radical (unpaired) electrons. The third-order valence-electron chi connectivity index (χ3n) is 2.36. The van der Waals surface area contributed by atoms with Gasteiger partial charge >= 0.3 is 0 Å². The average Bonchev–Trinajstić information content (AvgIpc) is 2.21. The van der Waals surface area contributed by atoms with Crippen LogP contribution in [0.2, 0.25) is 0 Å². The summed E-state index contributed by atoms with van der Waals surface area (Å²) in [6.45, 7) is 5.66. The Balaban J connectivity index is 2.25. The van der Waals surface area contributed by atoms with Crippen LogP contribution in [0.5, 0.6) is 0 Å². The van der Waals surface area contributed by atoms with Gasteiger partial charge in [-0.3, -0.25) is 0 Å². The summed E-state index contributed by atoms with van der Waals surface area (Å²) in [6, 6.07) is 6.73. The van der Waals surface area contributed by atoms with Gasteiger partial charge in [-0.25, -0.2) is 4.39 Å². The molecule has 0 N–H and O–H groups in total. The quantitative estimate of drug-likeness (QED) is 0.648. The average molecular weight is 207 g/mol. The molecule has 0 atom stereocenters. The van der Waals surface area contributed by atoms with Crippen molar-refractivity contribution in [3.8, 4) is 0 Å². The molecule has 0 bridgehead atoms. The van der Waals surface area contributed by atoms with Gasteiger partial charge in [0.1, 0.15) is 5.82 Å². The maximum absolute atomic E-state index is 12.6. The van der Waals surface area contributed by atoms with Gasteiger partial charge in [-0.05, 0) is 44.1 Å². The highest BCUT2D eigenvalue weighted by molar-refractivity contribution is 5.15. The summed E-state index contributed by atoms with van der Waals surface area (Å²) < 4.78 is 12.6. The number of aryl methyl sites for hydroxylation is 1. The van der Waals surface area contributed by atoms with Crippen molar-refractivity contribution in [2.75, 3.05) is 20.1 Å². The maximum atomic E-state index is 12.6. The maximum Gasteiger partial charge on any atom is 0.123 e. The number of hydrogen-bond acceptors (Lipinski definition) is 1. The van der Waals surface area contributed by atoms with Gasteiger partial charge < -0.3 is 4.90 Å². The summed E-state index contributed by atoms with van der Waals surface area (Å²) in [4.78, 5) is 2.22. The standard InChI is InChI=1S/C13H18FN/c1-3-10-15(2)11-4-5-12-6-8-13(14)9-7-12/h3,6-9H,1,4-5,10-11H2,2H3. The fraction of sp³-hybridized carbons (Fsp3) is 0.385. The minimum Gasteiger partial charge on any atom is -0.303 e. The van der Waals surface area contributed by atoms with Crippen LogP contribution >= 0.6 is 0 Å². The second-order valence-corrected chi connectivity index (χ2v) is 3.78. The second-order valence-electron chi connectivity index (χ2n) is 3.78. The van der Waals surface area contributed by atoms with Crippen molar-refractivity contribution in [2.45, 2.75) is 12.8 Å². The number of halogens is 1. The summed E-state index contributed by atoms with van der Waals surface area (Å²) in [5, 5.41) is 0. The highest BCUT2D eigenvalue weighted by Gasteiger charge is 1.97. The minimum atomic E-state index is -0.164. The van der Waals surface area contributed by atoms with E-state index in [1.165, 1.54) is 17.7 Å². The smallest absolute Gasteiger partial charge is 0.123 e. The van der Waals surface area contributed by atoms with E-state index in [-0.39, 0.29) is 5.82 Å². The van der Waals surface area contributed by atoms with Gasteiger partial charge in [0.05, 0.1) is 0 Å². The van der Waals surface area contributed by atoms with Gasteiger partial charge in [-0.15, -0.1) is 6.58 Å². The van der Waals surface area contributed by atoms with Crippen LogP contribution in [0.15, 0.2) is 36.9 Å². The largest absolute Gasteiger partial charge is 0.303 e. The molecule has 0 spiro atoms. The lowest BCUT2D eigenvalue weighted by Crippen LogP contribution is -2.19. The van der Waals surface area contributed by atoms with E-state index in [0.717, 1.165) is 25.9 Å². The van der Waals surface area contributed by atoms with Crippen molar-refractivity contribution < 1.29 is 4.39 Å². The van der Waals surface area contributed by atoms with Crippen molar-refractivity contribution >= 4 is 0 Å². The highest BCUT2D eigenvalue weighted by atomic mass is 19.1. The van der Waals surface area contributed by atoms with Crippen molar-refractivity contribution in [2.24, 2.45) is 0 Å². The van der Waals surface area contributed by atoms with Gasteiger partial charge in [0.2, 0.25) is 0 Å². The molecule has 0 heterocycles. The minimum absolute atomic E-state index is 0.164. The fourth-order valence-electron chi connectivity index (χ4n) is 1.52. The molecule has 0 saturated heterocycles. The van der Waals surface area contributed by atoms with Crippen molar-refractivity contribution in [1.29, 1.82) is 0 Å². The first-order chi connectivity index (χ1) is 7.22. The predicted octanol–water partition coefficient (Wildman–Crippen LogP) is 2.88. The third kappa shape index (κ3) is 4.75. The topological polar surface area (TPSA) is 3.24 Å². The van der Waals surface area contributed by atoms with E-state index in [1.54, 1.807) is 0 Å². The Morgan fingerprint density at radius 1 is 1.33 bits per heavy atom. The van der Waals surface area contributed by atoms with Crippen molar-refractivity contribution in [1.82, 2.24) is 4.90 Å². The van der Waals surface area contributed by atoms with Gasteiger partial charge in [0, 0.05) is 6.54 Å². The van der Waals surface area contributed by atoms with Crippen LogP contribution in [-0.4, -0.2) is 25.0 Å². The van der Waals surface area contributed by atoms with E-state index in [2.05, 4.69) is 18.5 Å². The molecule has 0 aromatic heterocycles. The molecule has 15 heavy (non-hydrogen) atoms. The molecule has 0 aliphatic carbocycles. The predicted molar refractivity (Wildman–Crippen MR) is 62.4 cm³/mol. The molecular formula is C13H18FN. The van der Waals surface area contributed by atoms with E-state index in [9.17, 15) is 4.39 Å². The Morgan fingerprint density at radius 3 is 2.60 bits per heavy atom. The lowest BCUT2D eigenvalue weighted by atomic mass is 10.1. The molecule has 82 valence electrons.